The Labute approximate surface area is 75.5 Å². The second-order valence-corrected chi connectivity index (χ2v) is 3.04. The maximum atomic E-state index is 11.4. The Balaban J connectivity index is 1.91. The van der Waals surface area contributed by atoms with Crippen molar-refractivity contribution in [2.75, 3.05) is 13.1 Å². The Morgan fingerprint density at radius 2 is 2.69 bits per heavy atom. The summed E-state index contributed by atoms with van der Waals surface area (Å²) >= 11 is 0. The summed E-state index contributed by atoms with van der Waals surface area (Å²) in [6.45, 7) is 1.80. The molecular weight excluding hydrogens is 170 g/mol. The Morgan fingerprint density at radius 3 is 3.31 bits per heavy atom. The van der Waals surface area contributed by atoms with Crippen LogP contribution in [0.5, 0.6) is 0 Å². The number of nitrogens with one attached hydrogen (secondary N) is 2. The zero-order valence-electron chi connectivity index (χ0n) is 7.12. The van der Waals surface area contributed by atoms with E-state index in [2.05, 4.69) is 15.6 Å². The SMILES string of the molecule is O=C(NC1CCNC1)c1cocn1. The molecule has 0 saturated carbocycles. The van der Waals surface area contributed by atoms with Gasteiger partial charge in [-0.3, -0.25) is 4.79 Å². The van der Waals surface area contributed by atoms with Gasteiger partial charge in [-0.05, 0) is 13.0 Å². The first-order valence-electron chi connectivity index (χ1n) is 4.26. The lowest BCUT2D eigenvalue weighted by atomic mass is 10.2. The Morgan fingerprint density at radius 1 is 1.77 bits per heavy atom. The van der Waals surface area contributed by atoms with Crippen LogP contribution in [0.1, 0.15) is 16.9 Å². The summed E-state index contributed by atoms with van der Waals surface area (Å²) in [5.41, 5.74) is 0.340. The van der Waals surface area contributed by atoms with Gasteiger partial charge < -0.3 is 15.1 Å². The molecule has 1 aromatic rings. The zero-order valence-corrected chi connectivity index (χ0v) is 7.12. The first-order valence-corrected chi connectivity index (χ1v) is 4.26. The molecule has 0 bridgehead atoms. The van der Waals surface area contributed by atoms with Crippen molar-refractivity contribution in [1.82, 2.24) is 15.6 Å². The number of rotatable bonds is 2. The molecule has 1 fully saturated rings. The summed E-state index contributed by atoms with van der Waals surface area (Å²) in [6.07, 6.45) is 3.57. The lowest BCUT2D eigenvalue weighted by Crippen LogP contribution is -2.36. The van der Waals surface area contributed by atoms with Crippen molar-refractivity contribution in [2.24, 2.45) is 0 Å². The highest BCUT2D eigenvalue weighted by Gasteiger charge is 2.18. The molecule has 5 nitrogen and oxygen atoms in total. The molecule has 5 heteroatoms. The minimum Gasteiger partial charge on any atom is -0.451 e. The molecule has 0 radical (unpaired) electrons. The summed E-state index contributed by atoms with van der Waals surface area (Å²) in [5.74, 6) is -0.164. The summed E-state index contributed by atoms with van der Waals surface area (Å²) in [6, 6.07) is 0.226. The molecule has 1 aliphatic rings. The van der Waals surface area contributed by atoms with Crippen molar-refractivity contribution >= 4 is 5.91 Å². The smallest absolute Gasteiger partial charge is 0.273 e. The van der Waals surface area contributed by atoms with Crippen LogP contribution in [0.2, 0.25) is 0 Å². The fraction of sp³-hybridized carbons (Fsp3) is 0.500. The quantitative estimate of drug-likeness (QED) is 0.661. The van der Waals surface area contributed by atoms with Gasteiger partial charge in [-0.25, -0.2) is 4.98 Å². The van der Waals surface area contributed by atoms with Gasteiger partial charge in [0.25, 0.3) is 5.91 Å². The van der Waals surface area contributed by atoms with E-state index in [1.54, 1.807) is 0 Å². The van der Waals surface area contributed by atoms with Crippen LogP contribution in [-0.4, -0.2) is 30.0 Å². The van der Waals surface area contributed by atoms with E-state index in [0.717, 1.165) is 19.5 Å². The normalized spacial score (nSPS) is 21.7. The molecule has 2 N–H and O–H groups in total. The maximum Gasteiger partial charge on any atom is 0.273 e. The van der Waals surface area contributed by atoms with Crippen molar-refractivity contribution < 1.29 is 9.21 Å². The summed E-state index contributed by atoms with van der Waals surface area (Å²) in [4.78, 5) is 15.2. The highest BCUT2D eigenvalue weighted by Crippen LogP contribution is 2.00. The molecule has 1 aromatic heterocycles. The van der Waals surface area contributed by atoms with Crippen LogP contribution in [0.25, 0.3) is 0 Å². The zero-order chi connectivity index (χ0) is 9.10. The van der Waals surface area contributed by atoms with Gasteiger partial charge in [0.15, 0.2) is 12.1 Å². The third-order valence-corrected chi connectivity index (χ3v) is 2.06. The van der Waals surface area contributed by atoms with E-state index in [9.17, 15) is 4.79 Å². The lowest BCUT2D eigenvalue weighted by molar-refractivity contribution is 0.0935. The van der Waals surface area contributed by atoms with Crippen LogP contribution in [0.15, 0.2) is 17.1 Å². The van der Waals surface area contributed by atoms with E-state index < -0.39 is 0 Å². The van der Waals surface area contributed by atoms with Crippen molar-refractivity contribution in [3.63, 3.8) is 0 Å². The molecule has 0 aliphatic carbocycles. The second kappa shape index (κ2) is 3.57. The average Bonchev–Trinajstić information content (AvgIpc) is 2.74. The molecule has 0 aromatic carbocycles. The van der Waals surface area contributed by atoms with Crippen molar-refractivity contribution in [2.45, 2.75) is 12.5 Å². The predicted octanol–water partition coefficient (Wildman–Crippen LogP) is -0.234. The highest BCUT2D eigenvalue weighted by molar-refractivity contribution is 5.92. The number of carbonyl (C=O) groups excluding carboxylic acids is 1. The van der Waals surface area contributed by atoms with Gasteiger partial charge in [0, 0.05) is 12.6 Å². The minimum absolute atomic E-state index is 0.164. The van der Waals surface area contributed by atoms with Crippen LogP contribution in [0.4, 0.5) is 0 Å². The first kappa shape index (κ1) is 8.25. The Hall–Kier alpha value is -1.36. The third-order valence-electron chi connectivity index (χ3n) is 2.06. The Bertz CT molecular complexity index is 278. The third kappa shape index (κ3) is 1.86. The highest BCUT2D eigenvalue weighted by atomic mass is 16.3. The minimum atomic E-state index is -0.164. The van der Waals surface area contributed by atoms with Crippen LogP contribution >= 0.6 is 0 Å². The van der Waals surface area contributed by atoms with Gasteiger partial charge in [0.1, 0.15) is 6.26 Å². The van der Waals surface area contributed by atoms with Crippen LogP contribution in [0.3, 0.4) is 0 Å². The van der Waals surface area contributed by atoms with E-state index in [1.807, 2.05) is 0 Å². The molecule has 2 heterocycles. The van der Waals surface area contributed by atoms with Crippen molar-refractivity contribution in [3.05, 3.63) is 18.4 Å². The molecule has 0 spiro atoms. The van der Waals surface area contributed by atoms with E-state index >= 15 is 0 Å². The van der Waals surface area contributed by atoms with Crippen molar-refractivity contribution in [1.29, 1.82) is 0 Å². The van der Waals surface area contributed by atoms with Gasteiger partial charge in [0.05, 0.1) is 0 Å². The molecule has 13 heavy (non-hydrogen) atoms. The summed E-state index contributed by atoms with van der Waals surface area (Å²) < 4.78 is 4.71. The largest absolute Gasteiger partial charge is 0.451 e. The van der Waals surface area contributed by atoms with Crippen LogP contribution in [0, 0.1) is 0 Å². The number of amides is 1. The monoisotopic (exact) mass is 181 g/mol. The first-order chi connectivity index (χ1) is 6.36. The van der Waals surface area contributed by atoms with Crippen LogP contribution < -0.4 is 10.6 Å². The van der Waals surface area contributed by atoms with Gasteiger partial charge in [-0.2, -0.15) is 0 Å². The molecule has 70 valence electrons. The fourth-order valence-electron chi connectivity index (χ4n) is 1.36. The number of aromatic nitrogens is 1. The number of hydrogen-bond donors (Lipinski definition) is 2. The van der Waals surface area contributed by atoms with E-state index in [4.69, 9.17) is 4.42 Å². The number of oxazole rings is 1. The topological polar surface area (TPSA) is 67.2 Å². The van der Waals surface area contributed by atoms with E-state index in [0.29, 0.717) is 5.69 Å². The van der Waals surface area contributed by atoms with Gasteiger partial charge in [-0.1, -0.05) is 0 Å². The van der Waals surface area contributed by atoms with Crippen LogP contribution in [-0.2, 0) is 0 Å². The second-order valence-electron chi connectivity index (χ2n) is 3.04. The molecule has 2 rings (SSSR count). The van der Waals surface area contributed by atoms with Gasteiger partial charge in [0.2, 0.25) is 0 Å². The van der Waals surface area contributed by atoms with E-state index in [-0.39, 0.29) is 11.9 Å². The molecule has 1 saturated heterocycles. The van der Waals surface area contributed by atoms with E-state index in [1.165, 1.54) is 12.7 Å². The van der Waals surface area contributed by atoms with Gasteiger partial charge >= 0.3 is 0 Å². The van der Waals surface area contributed by atoms with Crippen molar-refractivity contribution in [3.8, 4) is 0 Å². The number of nitrogens with zero attached hydrogens (tertiary/aromatic N) is 1. The number of carbonyl (C=O) groups is 1. The molecule has 1 aliphatic heterocycles. The molecule has 1 amide bonds. The number of hydrogen-bond acceptors (Lipinski definition) is 4. The average molecular weight is 181 g/mol. The van der Waals surface area contributed by atoms with Gasteiger partial charge in [-0.15, -0.1) is 0 Å². The maximum absolute atomic E-state index is 11.4. The standard InChI is InChI=1S/C8H11N3O2/c12-8(7-4-13-5-10-7)11-6-1-2-9-3-6/h4-6,9H,1-3H2,(H,11,12). The Kier molecular flexibility index (Phi) is 2.27. The molecular formula is C8H11N3O2. The summed E-state index contributed by atoms with van der Waals surface area (Å²) in [7, 11) is 0. The molecule has 1 atom stereocenters. The predicted molar refractivity (Wildman–Crippen MR) is 45.2 cm³/mol. The molecule has 1 unspecified atom stereocenters. The lowest BCUT2D eigenvalue weighted by Gasteiger charge is -2.08. The fourth-order valence-corrected chi connectivity index (χ4v) is 1.36. The summed E-state index contributed by atoms with van der Waals surface area (Å²) in [5, 5.41) is 6.02.